The summed E-state index contributed by atoms with van der Waals surface area (Å²) in [6.45, 7) is 0. The topological polar surface area (TPSA) is 94.5 Å². The highest BCUT2D eigenvalue weighted by Crippen LogP contribution is 2.07. The van der Waals surface area contributed by atoms with Gasteiger partial charge >= 0.3 is 9.15 Å². The van der Waals surface area contributed by atoms with Gasteiger partial charge in [-0.2, -0.15) is 8.42 Å². The molecule has 0 heterocycles. The van der Waals surface area contributed by atoms with E-state index in [1.807, 2.05) is 0 Å². The molecule has 0 rings (SSSR count). The van der Waals surface area contributed by atoms with E-state index in [9.17, 15) is 17.2 Å². The van der Waals surface area contributed by atoms with Crippen LogP contribution in [-0.4, -0.2) is 33.2 Å². The number of hydrogen-bond donors (Lipinski definition) is 1. The monoisotopic (exact) mass is 205 g/mol. The Morgan fingerprint density at radius 3 is 2.40 bits per heavy atom. The first kappa shape index (κ1) is 10.4. The van der Waals surface area contributed by atoms with Crippen molar-refractivity contribution in [1.29, 1.82) is 0 Å². The zero-order valence-electron chi connectivity index (χ0n) is 4.72. The van der Waals surface area contributed by atoms with Gasteiger partial charge in [0.2, 0.25) is 0 Å². The molecule has 1 atom stereocenters. The molecule has 0 aliphatic rings. The summed E-state index contributed by atoms with van der Waals surface area (Å²) in [4.78, 5) is 0. The lowest BCUT2D eigenvalue weighted by atomic mass is 11.0. The zero-order chi connectivity index (χ0) is 8.20. The van der Waals surface area contributed by atoms with E-state index in [4.69, 9.17) is 4.55 Å². The first-order valence-electron chi connectivity index (χ1n) is 2.09. The molecule has 0 amide bonds. The number of rotatable bonds is 4. The molecule has 0 aliphatic carbocycles. The van der Waals surface area contributed by atoms with Crippen LogP contribution in [0.25, 0.3) is 0 Å². The minimum Gasteiger partial charge on any atom is -0.772 e. The molecule has 0 radical (unpaired) electrons. The summed E-state index contributed by atoms with van der Waals surface area (Å²) in [7, 11) is -3.88. The van der Waals surface area contributed by atoms with Gasteiger partial charge in [-0.15, -0.1) is 0 Å². The first-order chi connectivity index (χ1) is 4.42. The van der Waals surface area contributed by atoms with Crippen LogP contribution in [0.2, 0.25) is 0 Å². The van der Waals surface area contributed by atoms with Crippen molar-refractivity contribution >= 4 is 31.0 Å². The van der Waals surface area contributed by atoms with Crippen molar-refractivity contribution < 1.29 is 21.7 Å². The van der Waals surface area contributed by atoms with Crippen molar-refractivity contribution in [2.75, 3.05) is 11.5 Å². The fraction of sp³-hybridized carbons (Fsp3) is 1.00. The normalized spacial score (nSPS) is 15.0. The molecule has 0 aliphatic heterocycles. The molecule has 10 heavy (non-hydrogen) atoms. The molecule has 0 spiro atoms. The third-order valence-electron chi connectivity index (χ3n) is 0.482. The van der Waals surface area contributed by atoms with E-state index in [2.05, 4.69) is 0 Å². The fourth-order valence-corrected chi connectivity index (χ4v) is 2.48. The standard InChI is InChI=1S/C2H6O5S3/c3-9(4)2-1-8-10(5,6)7/h1-2H2,(H,3,4)(H,5,6,7)/p-1. The lowest BCUT2D eigenvalue weighted by molar-refractivity contribution is 0.503. The van der Waals surface area contributed by atoms with Gasteiger partial charge in [-0.1, -0.05) is 11.1 Å². The van der Waals surface area contributed by atoms with Crippen LogP contribution < -0.4 is 0 Å². The maximum Gasteiger partial charge on any atom is 0.319 e. The highest BCUT2D eigenvalue weighted by molar-refractivity contribution is 8.70. The van der Waals surface area contributed by atoms with Gasteiger partial charge in [0.15, 0.2) is 0 Å². The van der Waals surface area contributed by atoms with E-state index in [0.717, 1.165) is 0 Å². The molecule has 0 saturated heterocycles. The molecule has 0 saturated carbocycles. The van der Waals surface area contributed by atoms with Crippen LogP contribution in [0.1, 0.15) is 0 Å². The SMILES string of the molecule is O=S([O-])CCSS(=O)(=O)O. The lowest BCUT2D eigenvalue weighted by Gasteiger charge is -2.00. The molecule has 5 nitrogen and oxygen atoms in total. The predicted octanol–water partition coefficient (Wildman–Crippen LogP) is -0.598. The largest absolute Gasteiger partial charge is 0.772 e. The molecule has 0 aromatic heterocycles. The Labute approximate surface area is 64.6 Å². The van der Waals surface area contributed by atoms with E-state index in [1.165, 1.54) is 0 Å². The van der Waals surface area contributed by atoms with Crippen molar-refractivity contribution in [1.82, 2.24) is 0 Å². The highest BCUT2D eigenvalue weighted by atomic mass is 33.1. The van der Waals surface area contributed by atoms with Crippen LogP contribution in [0.4, 0.5) is 0 Å². The Hall–Kier alpha value is 0.370. The number of hydrogen-bond acceptors (Lipinski definition) is 5. The maximum absolute atomic E-state index is 9.93. The van der Waals surface area contributed by atoms with E-state index < -0.39 is 20.2 Å². The Bertz CT molecular complexity index is 205. The molecular weight excluding hydrogens is 200 g/mol. The molecule has 0 bridgehead atoms. The average molecular weight is 205 g/mol. The first-order valence-corrected chi connectivity index (χ1v) is 6.28. The van der Waals surface area contributed by atoms with Crippen LogP contribution in [0.3, 0.4) is 0 Å². The fourth-order valence-electron chi connectivity index (χ4n) is 0.207. The van der Waals surface area contributed by atoms with Crippen molar-refractivity contribution in [3.8, 4) is 0 Å². The van der Waals surface area contributed by atoms with Crippen molar-refractivity contribution in [3.63, 3.8) is 0 Å². The predicted molar refractivity (Wildman–Crippen MR) is 37.8 cm³/mol. The molecule has 1 N–H and O–H groups in total. The Kier molecular flexibility index (Phi) is 4.45. The van der Waals surface area contributed by atoms with Gasteiger partial charge in [-0.05, 0) is 10.8 Å². The molecule has 0 aromatic carbocycles. The van der Waals surface area contributed by atoms with Gasteiger partial charge in [-0.3, -0.25) is 8.76 Å². The van der Waals surface area contributed by atoms with Gasteiger partial charge in [0.1, 0.15) is 0 Å². The Morgan fingerprint density at radius 2 is 2.10 bits per heavy atom. The van der Waals surface area contributed by atoms with Gasteiger partial charge < -0.3 is 4.55 Å². The average Bonchev–Trinajstić information content (AvgIpc) is 1.59. The van der Waals surface area contributed by atoms with Crippen LogP contribution >= 0.6 is 10.8 Å². The van der Waals surface area contributed by atoms with Crippen molar-refractivity contribution in [2.24, 2.45) is 0 Å². The van der Waals surface area contributed by atoms with Crippen LogP contribution in [0.5, 0.6) is 0 Å². The maximum atomic E-state index is 9.93. The molecule has 0 fully saturated rings. The second-order valence-electron chi connectivity index (χ2n) is 1.26. The highest BCUT2D eigenvalue weighted by Gasteiger charge is 2.03. The van der Waals surface area contributed by atoms with E-state index >= 15 is 0 Å². The van der Waals surface area contributed by atoms with Gasteiger partial charge in [0.25, 0.3) is 0 Å². The summed E-state index contributed by atoms with van der Waals surface area (Å²) in [6, 6.07) is 0. The van der Waals surface area contributed by atoms with Gasteiger partial charge in [0, 0.05) is 11.5 Å². The molecular formula is C2H5O5S3-. The smallest absolute Gasteiger partial charge is 0.319 e. The molecule has 1 unspecified atom stereocenters. The van der Waals surface area contributed by atoms with Crippen molar-refractivity contribution in [2.45, 2.75) is 0 Å². The minimum absolute atomic E-state index is 0.144. The lowest BCUT2D eigenvalue weighted by Crippen LogP contribution is -2.01. The molecule has 8 heteroatoms. The third-order valence-corrected chi connectivity index (χ3v) is 3.34. The van der Waals surface area contributed by atoms with Gasteiger partial charge in [-0.25, -0.2) is 0 Å². The van der Waals surface area contributed by atoms with E-state index in [-0.39, 0.29) is 22.3 Å². The van der Waals surface area contributed by atoms with Crippen LogP contribution in [-0.2, 0) is 20.2 Å². The second-order valence-corrected chi connectivity index (χ2v) is 5.74. The summed E-state index contributed by atoms with van der Waals surface area (Å²) >= 11 is -2.25. The Balaban J connectivity index is 3.49. The zero-order valence-corrected chi connectivity index (χ0v) is 7.17. The summed E-state index contributed by atoms with van der Waals surface area (Å²) in [6.07, 6.45) is 0. The summed E-state index contributed by atoms with van der Waals surface area (Å²) < 4.78 is 47.5. The second kappa shape index (κ2) is 4.29. The van der Waals surface area contributed by atoms with Crippen LogP contribution in [0.15, 0.2) is 0 Å². The molecule has 62 valence electrons. The van der Waals surface area contributed by atoms with E-state index in [1.54, 1.807) is 0 Å². The summed E-state index contributed by atoms with van der Waals surface area (Å²) in [5, 5.41) is 0. The summed E-state index contributed by atoms with van der Waals surface area (Å²) in [5.41, 5.74) is 0. The van der Waals surface area contributed by atoms with Gasteiger partial charge in [0.05, 0.1) is 0 Å². The summed E-state index contributed by atoms with van der Waals surface area (Å²) in [5.74, 6) is -0.417. The third kappa shape index (κ3) is 8.37. The van der Waals surface area contributed by atoms with Crippen LogP contribution in [0, 0.1) is 0 Å². The molecule has 0 aromatic rings. The Morgan fingerprint density at radius 1 is 1.60 bits per heavy atom. The van der Waals surface area contributed by atoms with E-state index in [0.29, 0.717) is 0 Å². The quantitative estimate of drug-likeness (QED) is 0.374. The van der Waals surface area contributed by atoms with Crippen molar-refractivity contribution in [3.05, 3.63) is 0 Å². The minimum atomic E-state index is -4.08.